The summed E-state index contributed by atoms with van der Waals surface area (Å²) in [6.07, 6.45) is 3.20. The minimum absolute atomic E-state index is 0.0487. The van der Waals surface area contributed by atoms with Crippen LogP contribution in [-0.4, -0.2) is 58.5 Å². The average molecular weight is 233 g/mol. The lowest BCUT2D eigenvalue weighted by atomic mass is 10.3. The maximum Gasteiger partial charge on any atom is 0.242 e. The Morgan fingerprint density at radius 2 is 2.18 bits per heavy atom. The molecule has 2 heterocycles. The molecule has 1 aromatic heterocycles. The van der Waals surface area contributed by atoms with E-state index in [-0.39, 0.29) is 18.3 Å². The number of aromatic nitrogens is 2. The lowest BCUT2D eigenvalue weighted by Crippen LogP contribution is -2.48. The largest absolute Gasteiger partial charge is 0.339 e. The third kappa shape index (κ3) is 2.63. The molecule has 6 nitrogen and oxygen atoms in total. The fourth-order valence-electron chi connectivity index (χ4n) is 1.85. The summed E-state index contributed by atoms with van der Waals surface area (Å²) in [5, 5.41) is 8.80. The predicted molar refractivity (Wildman–Crippen MR) is 61.0 cm³/mol. The number of nitriles is 1. The highest BCUT2D eigenvalue weighted by Gasteiger charge is 2.19. The molecule has 6 heteroatoms. The molecule has 1 aliphatic rings. The highest BCUT2D eigenvalue weighted by Crippen LogP contribution is 2.03. The average Bonchev–Trinajstić information content (AvgIpc) is 2.77. The van der Waals surface area contributed by atoms with Gasteiger partial charge in [0.25, 0.3) is 0 Å². The molecule has 0 spiro atoms. The van der Waals surface area contributed by atoms with Gasteiger partial charge in [0, 0.05) is 38.6 Å². The van der Waals surface area contributed by atoms with Crippen molar-refractivity contribution in [1.29, 1.82) is 5.26 Å². The van der Waals surface area contributed by atoms with Gasteiger partial charge in [0.2, 0.25) is 11.7 Å². The van der Waals surface area contributed by atoms with Crippen molar-refractivity contribution in [3.63, 3.8) is 0 Å². The van der Waals surface area contributed by atoms with Crippen LogP contribution in [0, 0.1) is 11.3 Å². The molecular weight excluding hydrogens is 218 g/mol. The summed E-state index contributed by atoms with van der Waals surface area (Å²) in [5.41, 5.74) is 0. The van der Waals surface area contributed by atoms with Crippen molar-refractivity contribution in [2.75, 3.05) is 33.2 Å². The van der Waals surface area contributed by atoms with E-state index in [0.717, 1.165) is 26.2 Å². The smallest absolute Gasteiger partial charge is 0.242 e. The first-order valence-corrected chi connectivity index (χ1v) is 5.58. The summed E-state index contributed by atoms with van der Waals surface area (Å²) < 4.78 is 1.58. The van der Waals surface area contributed by atoms with Crippen LogP contribution in [-0.2, 0) is 11.3 Å². The quantitative estimate of drug-likeness (QED) is 0.692. The second kappa shape index (κ2) is 4.97. The molecule has 1 fully saturated rings. The zero-order valence-electron chi connectivity index (χ0n) is 9.83. The van der Waals surface area contributed by atoms with E-state index in [0.29, 0.717) is 0 Å². The lowest BCUT2D eigenvalue weighted by Gasteiger charge is -2.32. The van der Waals surface area contributed by atoms with Gasteiger partial charge in [-0.25, -0.2) is 4.98 Å². The SMILES string of the molecule is CN1CCN(C(=O)Cn2ccnc2C#N)CC1. The number of carbonyl (C=O) groups excluding carboxylic acids is 1. The Balaban J connectivity index is 1.96. The van der Waals surface area contributed by atoms with Crippen molar-refractivity contribution in [3.8, 4) is 6.07 Å². The van der Waals surface area contributed by atoms with Gasteiger partial charge in [-0.1, -0.05) is 0 Å². The van der Waals surface area contributed by atoms with Gasteiger partial charge >= 0.3 is 0 Å². The first-order chi connectivity index (χ1) is 8.20. The number of imidazole rings is 1. The number of hydrogen-bond acceptors (Lipinski definition) is 4. The van der Waals surface area contributed by atoms with Crippen molar-refractivity contribution in [1.82, 2.24) is 19.4 Å². The fourth-order valence-corrected chi connectivity index (χ4v) is 1.85. The highest BCUT2D eigenvalue weighted by atomic mass is 16.2. The second-order valence-electron chi connectivity index (χ2n) is 4.17. The molecule has 0 saturated carbocycles. The van der Waals surface area contributed by atoms with Crippen LogP contribution in [0.25, 0.3) is 0 Å². The van der Waals surface area contributed by atoms with E-state index in [9.17, 15) is 4.79 Å². The zero-order valence-corrected chi connectivity index (χ0v) is 9.83. The van der Waals surface area contributed by atoms with E-state index in [1.54, 1.807) is 10.8 Å². The van der Waals surface area contributed by atoms with Crippen LogP contribution in [0.5, 0.6) is 0 Å². The van der Waals surface area contributed by atoms with Gasteiger partial charge in [-0.3, -0.25) is 4.79 Å². The Bertz CT molecular complexity index is 439. The van der Waals surface area contributed by atoms with Crippen LogP contribution in [0.4, 0.5) is 0 Å². The number of hydrogen-bond donors (Lipinski definition) is 0. The Labute approximate surface area is 100 Å². The van der Waals surface area contributed by atoms with Gasteiger partial charge in [-0.15, -0.1) is 0 Å². The Morgan fingerprint density at radius 3 is 2.82 bits per heavy atom. The van der Waals surface area contributed by atoms with Gasteiger partial charge < -0.3 is 14.4 Å². The molecule has 0 aliphatic carbocycles. The number of carbonyl (C=O) groups is 1. The first kappa shape index (κ1) is 11.6. The van der Waals surface area contributed by atoms with Crippen LogP contribution in [0.1, 0.15) is 5.82 Å². The van der Waals surface area contributed by atoms with Crippen molar-refractivity contribution in [3.05, 3.63) is 18.2 Å². The van der Waals surface area contributed by atoms with Crippen LogP contribution in [0.15, 0.2) is 12.4 Å². The van der Waals surface area contributed by atoms with Gasteiger partial charge in [0.05, 0.1) is 0 Å². The van der Waals surface area contributed by atoms with Gasteiger partial charge in [0.1, 0.15) is 12.6 Å². The standard InChI is InChI=1S/C11H15N5O/c1-14-4-6-15(7-5-14)11(17)9-16-3-2-13-10(16)8-12/h2-3H,4-7,9H2,1H3. The molecule has 1 saturated heterocycles. The van der Waals surface area contributed by atoms with E-state index in [4.69, 9.17) is 5.26 Å². The van der Waals surface area contributed by atoms with Crippen molar-refractivity contribution in [2.45, 2.75) is 6.54 Å². The summed E-state index contributed by atoms with van der Waals surface area (Å²) in [7, 11) is 2.05. The Hall–Kier alpha value is -1.87. The predicted octanol–water partition coefficient (Wildman–Crippen LogP) is -0.471. The molecule has 1 aliphatic heterocycles. The van der Waals surface area contributed by atoms with Crippen LogP contribution in [0.2, 0.25) is 0 Å². The normalized spacial score (nSPS) is 16.8. The molecule has 17 heavy (non-hydrogen) atoms. The Morgan fingerprint density at radius 1 is 1.47 bits per heavy atom. The zero-order chi connectivity index (χ0) is 12.3. The Kier molecular flexibility index (Phi) is 3.40. The minimum atomic E-state index is 0.0487. The molecule has 0 N–H and O–H groups in total. The van der Waals surface area contributed by atoms with Crippen molar-refractivity contribution >= 4 is 5.91 Å². The molecule has 90 valence electrons. The third-order valence-electron chi connectivity index (χ3n) is 2.98. The summed E-state index contributed by atoms with van der Waals surface area (Å²) in [6, 6.07) is 1.96. The number of likely N-dealkylation sites (N-methyl/N-ethyl adjacent to an activating group) is 1. The second-order valence-corrected chi connectivity index (χ2v) is 4.17. The highest BCUT2D eigenvalue weighted by molar-refractivity contribution is 5.76. The van der Waals surface area contributed by atoms with Crippen LogP contribution >= 0.6 is 0 Å². The van der Waals surface area contributed by atoms with E-state index < -0.39 is 0 Å². The molecule has 0 radical (unpaired) electrons. The fraction of sp³-hybridized carbons (Fsp3) is 0.545. The van der Waals surface area contributed by atoms with Crippen molar-refractivity contribution in [2.24, 2.45) is 0 Å². The third-order valence-corrected chi connectivity index (χ3v) is 2.98. The minimum Gasteiger partial charge on any atom is -0.339 e. The number of piperazine rings is 1. The molecule has 0 aromatic carbocycles. The first-order valence-electron chi connectivity index (χ1n) is 5.58. The lowest BCUT2D eigenvalue weighted by molar-refractivity contribution is -0.133. The summed E-state index contributed by atoms with van der Waals surface area (Å²) in [5.74, 6) is 0.333. The molecular formula is C11H15N5O. The molecule has 0 atom stereocenters. The summed E-state index contributed by atoms with van der Waals surface area (Å²) in [6.45, 7) is 3.52. The van der Waals surface area contributed by atoms with Crippen LogP contribution in [0.3, 0.4) is 0 Å². The van der Waals surface area contributed by atoms with Crippen LogP contribution < -0.4 is 0 Å². The molecule has 0 bridgehead atoms. The number of nitrogens with zero attached hydrogens (tertiary/aromatic N) is 5. The molecule has 0 unspecified atom stereocenters. The van der Waals surface area contributed by atoms with Crippen molar-refractivity contribution < 1.29 is 4.79 Å². The van der Waals surface area contributed by atoms with E-state index in [1.165, 1.54) is 6.20 Å². The van der Waals surface area contributed by atoms with E-state index in [2.05, 4.69) is 9.88 Å². The maximum atomic E-state index is 12.0. The summed E-state index contributed by atoms with van der Waals surface area (Å²) in [4.78, 5) is 19.9. The van der Waals surface area contributed by atoms with E-state index >= 15 is 0 Å². The van der Waals surface area contributed by atoms with E-state index in [1.807, 2.05) is 18.0 Å². The molecule has 1 aromatic rings. The van der Waals surface area contributed by atoms with Gasteiger partial charge in [-0.2, -0.15) is 5.26 Å². The summed E-state index contributed by atoms with van der Waals surface area (Å²) >= 11 is 0. The van der Waals surface area contributed by atoms with Gasteiger partial charge in [0.15, 0.2) is 0 Å². The van der Waals surface area contributed by atoms with Gasteiger partial charge in [-0.05, 0) is 7.05 Å². The maximum absolute atomic E-state index is 12.0. The number of amides is 1. The topological polar surface area (TPSA) is 65.2 Å². The molecule has 1 amide bonds. The monoisotopic (exact) mass is 233 g/mol. The molecule has 2 rings (SSSR count). The number of rotatable bonds is 2.